The molecule has 0 spiro atoms. The van der Waals surface area contributed by atoms with E-state index in [0.29, 0.717) is 5.41 Å². The van der Waals surface area contributed by atoms with Gasteiger partial charge in [-0.1, -0.05) is 20.8 Å². The van der Waals surface area contributed by atoms with Crippen molar-refractivity contribution >= 4 is 5.71 Å². The standard InChI is InChI=1S/C11H23N/c1-9(8-10(2,3)4)12-11(5,6)7/h8H2,1-7H3. The highest BCUT2D eigenvalue weighted by molar-refractivity contribution is 5.82. The van der Waals surface area contributed by atoms with Gasteiger partial charge in [-0.3, -0.25) is 4.99 Å². The van der Waals surface area contributed by atoms with Crippen molar-refractivity contribution in [2.75, 3.05) is 0 Å². The van der Waals surface area contributed by atoms with E-state index in [-0.39, 0.29) is 5.54 Å². The zero-order valence-corrected chi connectivity index (χ0v) is 9.65. The zero-order valence-electron chi connectivity index (χ0n) is 9.65. The Hall–Kier alpha value is -0.330. The first-order chi connectivity index (χ1) is 5.10. The maximum Gasteiger partial charge on any atom is 0.0523 e. The van der Waals surface area contributed by atoms with Crippen molar-refractivity contribution in [1.29, 1.82) is 0 Å². The second-order valence-electron chi connectivity index (χ2n) is 5.76. The average molecular weight is 169 g/mol. The summed E-state index contributed by atoms with van der Waals surface area (Å²) in [6.07, 6.45) is 1.09. The Balaban J connectivity index is 4.23. The topological polar surface area (TPSA) is 12.4 Å². The molecule has 0 bridgehead atoms. The molecule has 72 valence electrons. The van der Waals surface area contributed by atoms with Gasteiger partial charge in [-0.2, -0.15) is 0 Å². The minimum absolute atomic E-state index is 0.0787. The molecule has 0 saturated heterocycles. The summed E-state index contributed by atoms with van der Waals surface area (Å²) in [6.45, 7) is 15.3. The minimum atomic E-state index is 0.0787. The molecule has 1 nitrogen and oxygen atoms in total. The molecule has 0 aliphatic rings. The maximum absolute atomic E-state index is 4.61. The second kappa shape index (κ2) is 3.59. The quantitative estimate of drug-likeness (QED) is 0.531. The van der Waals surface area contributed by atoms with Crippen molar-refractivity contribution in [2.45, 2.75) is 60.4 Å². The molecule has 0 heterocycles. The molecule has 0 aromatic rings. The summed E-state index contributed by atoms with van der Waals surface area (Å²) in [5.74, 6) is 0. The number of nitrogens with zero attached hydrogens (tertiary/aromatic N) is 1. The van der Waals surface area contributed by atoms with Crippen LogP contribution in [0.15, 0.2) is 4.99 Å². The Kier molecular flexibility index (Phi) is 3.49. The molecule has 0 aromatic heterocycles. The van der Waals surface area contributed by atoms with Gasteiger partial charge in [0.05, 0.1) is 5.54 Å². The molecule has 0 aliphatic heterocycles. The van der Waals surface area contributed by atoms with Crippen LogP contribution in [0.3, 0.4) is 0 Å². The van der Waals surface area contributed by atoms with Gasteiger partial charge in [-0.15, -0.1) is 0 Å². The summed E-state index contributed by atoms with van der Waals surface area (Å²) in [7, 11) is 0. The molecule has 0 N–H and O–H groups in total. The summed E-state index contributed by atoms with van der Waals surface area (Å²) in [4.78, 5) is 4.61. The fraction of sp³-hybridized carbons (Fsp3) is 0.909. The highest BCUT2D eigenvalue weighted by Gasteiger charge is 2.14. The van der Waals surface area contributed by atoms with Crippen LogP contribution in [0.5, 0.6) is 0 Å². The van der Waals surface area contributed by atoms with Crippen molar-refractivity contribution < 1.29 is 0 Å². The van der Waals surface area contributed by atoms with Crippen molar-refractivity contribution in [2.24, 2.45) is 10.4 Å². The molecule has 0 aliphatic carbocycles. The smallest absolute Gasteiger partial charge is 0.0523 e. The van der Waals surface area contributed by atoms with Gasteiger partial charge >= 0.3 is 0 Å². The van der Waals surface area contributed by atoms with E-state index in [1.807, 2.05) is 0 Å². The molecule has 0 aromatic carbocycles. The fourth-order valence-electron chi connectivity index (χ4n) is 1.38. The fourth-order valence-corrected chi connectivity index (χ4v) is 1.38. The Morgan fingerprint density at radius 1 is 1.00 bits per heavy atom. The number of hydrogen-bond donors (Lipinski definition) is 0. The summed E-state index contributed by atoms with van der Waals surface area (Å²) in [5, 5.41) is 0. The molecule has 0 unspecified atom stereocenters. The molecule has 0 fully saturated rings. The third-order valence-electron chi connectivity index (χ3n) is 1.31. The Morgan fingerprint density at radius 2 is 1.42 bits per heavy atom. The van der Waals surface area contributed by atoms with E-state index >= 15 is 0 Å². The lowest BCUT2D eigenvalue weighted by atomic mass is 9.90. The highest BCUT2D eigenvalue weighted by atomic mass is 14.8. The number of rotatable bonds is 1. The molecule has 12 heavy (non-hydrogen) atoms. The van der Waals surface area contributed by atoms with Crippen molar-refractivity contribution in [3.8, 4) is 0 Å². The summed E-state index contributed by atoms with van der Waals surface area (Å²) in [6, 6.07) is 0. The van der Waals surface area contributed by atoms with E-state index in [0.717, 1.165) is 6.42 Å². The zero-order chi connectivity index (χ0) is 9.99. The second-order valence-corrected chi connectivity index (χ2v) is 5.76. The molecule has 0 rings (SSSR count). The van der Waals surface area contributed by atoms with Crippen LogP contribution in [-0.4, -0.2) is 11.3 Å². The van der Waals surface area contributed by atoms with E-state index in [1.54, 1.807) is 0 Å². The molecule has 0 saturated carbocycles. The summed E-state index contributed by atoms with van der Waals surface area (Å²) in [5.41, 5.74) is 1.70. The van der Waals surface area contributed by atoms with E-state index in [1.165, 1.54) is 5.71 Å². The summed E-state index contributed by atoms with van der Waals surface area (Å²) < 4.78 is 0. The highest BCUT2D eigenvalue weighted by Crippen LogP contribution is 2.20. The first kappa shape index (κ1) is 11.7. The van der Waals surface area contributed by atoms with Crippen molar-refractivity contribution in [3.05, 3.63) is 0 Å². The SMILES string of the molecule is CC(CC(C)(C)C)=NC(C)(C)C. The van der Waals surface area contributed by atoms with E-state index < -0.39 is 0 Å². The first-order valence-corrected chi connectivity index (χ1v) is 4.65. The molecular weight excluding hydrogens is 146 g/mol. The predicted octanol–water partition coefficient (Wildman–Crippen LogP) is 3.68. The van der Waals surface area contributed by atoms with E-state index in [4.69, 9.17) is 0 Å². The third-order valence-corrected chi connectivity index (χ3v) is 1.31. The number of hydrogen-bond acceptors (Lipinski definition) is 1. The average Bonchev–Trinajstić information content (AvgIpc) is 1.49. The van der Waals surface area contributed by atoms with Crippen LogP contribution in [0.4, 0.5) is 0 Å². The van der Waals surface area contributed by atoms with Crippen molar-refractivity contribution in [3.63, 3.8) is 0 Å². The minimum Gasteiger partial charge on any atom is -0.289 e. The Morgan fingerprint density at radius 3 is 1.67 bits per heavy atom. The molecule has 0 atom stereocenters. The first-order valence-electron chi connectivity index (χ1n) is 4.65. The van der Waals surface area contributed by atoms with Crippen LogP contribution in [-0.2, 0) is 0 Å². The van der Waals surface area contributed by atoms with Crippen LogP contribution in [0.1, 0.15) is 54.9 Å². The normalized spacial score (nSPS) is 15.1. The molecule has 1 heteroatoms. The molecule has 0 radical (unpaired) electrons. The molecule has 0 amide bonds. The number of aliphatic imine (C=N–C) groups is 1. The lowest BCUT2D eigenvalue weighted by Crippen LogP contribution is -2.17. The lowest BCUT2D eigenvalue weighted by Gasteiger charge is -2.20. The summed E-state index contributed by atoms with van der Waals surface area (Å²) >= 11 is 0. The van der Waals surface area contributed by atoms with Crippen molar-refractivity contribution in [1.82, 2.24) is 0 Å². The van der Waals surface area contributed by atoms with Gasteiger partial charge in [0, 0.05) is 5.71 Å². The van der Waals surface area contributed by atoms with E-state index in [9.17, 15) is 0 Å². The van der Waals surface area contributed by atoms with Gasteiger partial charge in [0.1, 0.15) is 0 Å². The van der Waals surface area contributed by atoms with E-state index in [2.05, 4.69) is 53.5 Å². The van der Waals surface area contributed by atoms with Crippen LogP contribution >= 0.6 is 0 Å². The Bertz CT molecular complexity index is 164. The van der Waals surface area contributed by atoms with Crippen LogP contribution in [0.25, 0.3) is 0 Å². The van der Waals surface area contributed by atoms with Crippen LogP contribution in [0.2, 0.25) is 0 Å². The maximum atomic E-state index is 4.61. The van der Waals surface area contributed by atoms with Gasteiger partial charge < -0.3 is 0 Å². The van der Waals surface area contributed by atoms with Gasteiger partial charge in [-0.25, -0.2) is 0 Å². The predicted molar refractivity (Wildman–Crippen MR) is 56.9 cm³/mol. The largest absolute Gasteiger partial charge is 0.289 e. The third kappa shape index (κ3) is 7.77. The van der Waals surface area contributed by atoms with Gasteiger partial charge in [0.25, 0.3) is 0 Å². The lowest BCUT2D eigenvalue weighted by molar-refractivity contribution is 0.430. The Labute approximate surface area is 77.3 Å². The van der Waals surface area contributed by atoms with Gasteiger partial charge in [-0.05, 0) is 39.5 Å². The van der Waals surface area contributed by atoms with Gasteiger partial charge in [0.2, 0.25) is 0 Å². The van der Waals surface area contributed by atoms with Crippen LogP contribution < -0.4 is 0 Å². The molecular formula is C11H23N. The van der Waals surface area contributed by atoms with Crippen LogP contribution in [0, 0.1) is 5.41 Å². The monoisotopic (exact) mass is 169 g/mol. The van der Waals surface area contributed by atoms with Gasteiger partial charge in [0.15, 0.2) is 0 Å².